The highest BCUT2D eigenvalue weighted by atomic mass is 16.1. The number of carbonyl (C=O) groups is 1. The van der Waals surface area contributed by atoms with Gasteiger partial charge in [-0.05, 0) is 13.3 Å². The lowest BCUT2D eigenvalue weighted by Gasteiger charge is -2.05. The van der Waals surface area contributed by atoms with Crippen LogP contribution in [0, 0.1) is 6.92 Å². The van der Waals surface area contributed by atoms with Gasteiger partial charge in [-0.1, -0.05) is 0 Å². The molecule has 1 aromatic rings. The van der Waals surface area contributed by atoms with Gasteiger partial charge in [0.1, 0.15) is 5.82 Å². The Morgan fingerprint density at radius 2 is 2.27 bits per heavy atom. The van der Waals surface area contributed by atoms with Crippen molar-refractivity contribution in [2.45, 2.75) is 19.8 Å². The lowest BCUT2D eigenvalue weighted by molar-refractivity contribution is -0.118. The molecule has 82 valence electrons. The van der Waals surface area contributed by atoms with E-state index in [4.69, 9.17) is 11.5 Å². The summed E-state index contributed by atoms with van der Waals surface area (Å²) < 4.78 is 0. The Morgan fingerprint density at radius 3 is 2.87 bits per heavy atom. The SMILES string of the molecule is Cc1cc(NCCCC(N)=O)nc(N)n1. The molecular formula is C9H15N5O. The van der Waals surface area contributed by atoms with Crippen LogP contribution in [-0.2, 0) is 4.79 Å². The van der Waals surface area contributed by atoms with E-state index in [1.807, 2.05) is 6.92 Å². The molecule has 6 heteroatoms. The predicted octanol–water partition coefficient (Wildman–Crippen LogP) is 0.0446. The lowest BCUT2D eigenvalue weighted by atomic mass is 10.3. The highest BCUT2D eigenvalue weighted by Crippen LogP contribution is 2.06. The maximum Gasteiger partial charge on any atom is 0.222 e. The van der Waals surface area contributed by atoms with Crippen molar-refractivity contribution < 1.29 is 4.79 Å². The fourth-order valence-electron chi connectivity index (χ4n) is 1.16. The van der Waals surface area contributed by atoms with Gasteiger partial charge in [-0.15, -0.1) is 0 Å². The molecule has 0 aliphatic rings. The van der Waals surface area contributed by atoms with Crippen LogP contribution in [0.1, 0.15) is 18.5 Å². The molecule has 1 aromatic heterocycles. The van der Waals surface area contributed by atoms with E-state index in [0.29, 0.717) is 25.2 Å². The molecule has 0 atom stereocenters. The van der Waals surface area contributed by atoms with Crippen LogP contribution in [0.3, 0.4) is 0 Å². The average Bonchev–Trinajstić information content (AvgIpc) is 2.10. The molecule has 0 aliphatic heterocycles. The number of rotatable bonds is 5. The highest BCUT2D eigenvalue weighted by molar-refractivity contribution is 5.73. The zero-order chi connectivity index (χ0) is 11.3. The van der Waals surface area contributed by atoms with Gasteiger partial charge in [0.25, 0.3) is 0 Å². The van der Waals surface area contributed by atoms with Crippen LogP contribution in [-0.4, -0.2) is 22.4 Å². The largest absolute Gasteiger partial charge is 0.370 e. The van der Waals surface area contributed by atoms with Crippen LogP contribution in [0.5, 0.6) is 0 Å². The Labute approximate surface area is 88.1 Å². The van der Waals surface area contributed by atoms with Crippen LogP contribution in [0.2, 0.25) is 0 Å². The third-order valence-electron chi connectivity index (χ3n) is 1.78. The number of hydrogen-bond donors (Lipinski definition) is 3. The Hall–Kier alpha value is -1.85. The van der Waals surface area contributed by atoms with E-state index in [2.05, 4.69) is 15.3 Å². The van der Waals surface area contributed by atoms with Crippen molar-refractivity contribution in [1.82, 2.24) is 9.97 Å². The van der Waals surface area contributed by atoms with Crippen molar-refractivity contribution in [2.24, 2.45) is 5.73 Å². The first kappa shape index (κ1) is 11.2. The Morgan fingerprint density at radius 1 is 1.53 bits per heavy atom. The number of nitrogens with one attached hydrogen (secondary N) is 1. The maximum atomic E-state index is 10.5. The van der Waals surface area contributed by atoms with Crippen molar-refractivity contribution in [1.29, 1.82) is 0 Å². The molecule has 5 N–H and O–H groups in total. The monoisotopic (exact) mass is 209 g/mol. The summed E-state index contributed by atoms with van der Waals surface area (Å²) in [5.74, 6) is 0.618. The Bertz CT molecular complexity index is 332. The first-order valence-corrected chi connectivity index (χ1v) is 4.71. The second kappa shape index (κ2) is 5.14. The molecule has 0 unspecified atom stereocenters. The minimum absolute atomic E-state index is 0.243. The van der Waals surface area contributed by atoms with Gasteiger partial charge in [0.15, 0.2) is 0 Å². The molecule has 1 heterocycles. The summed E-state index contributed by atoms with van der Waals surface area (Å²) >= 11 is 0. The summed E-state index contributed by atoms with van der Waals surface area (Å²) in [5, 5.41) is 3.04. The van der Waals surface area contributed by atoms with Gasteiger partial charge >= 0.3 is 0 Å². The van der Waals surface area contributed by atoms with Gasteiger partial charge in [0.05, 0.1) is 0 Å². The predicted molar refractivity (Wildman–Crippen MR) is 58.1 cm³/mol. The van der Waals surface area contributed by atoms with E-state index in [1.54, 1.807) is 6.07 Å². The number of aromatic nitrogens is 2. The summed E-state index contributed by atoms with van der Waals surface area (Å²) in [6.07, 6.45) is 1.05. The van der Waals surface area contributed by atoms with Gasteiger partial charge in [0, 0.05) is 24.7 Å². The normalized spacial score (nSPS) is 9.93. The van der Waals surface area contributed by atoms with Crippen molar-refractivity contribution in [3.05, 3.63) is 11.8 Å². The molecule has 6 nitrogen and oxygen atoms in total. The highest BCUT2D eigenvalue weighted by Gasteiger charge is 1.99. The van der Waals surface area contributed by atoms with Crippen molar-refractivity contribution in [3.8, 4) is 0 Å². The second-order valence-electron chi connectivity index (χ2n) is 3.25. The molecule has 0 aliphatic carbocycles. The maximum absolute atomic E-state index is 10.5. The summed E-state index contributed by atoms with van der Waals surface area (Å²) in [6, 6.07) is 1.79. The summed E-state index contributed by atoms with van der Waals surface area (Å²) in [7, 11) is 0. The van der Waals surface area contributed by atoms with Crippen LogP contribution < -0.4 is 16.8 Å². The number of primary amides is 1. The number of aryl methyl sites for hydroxylation is 1. The minimum atomic E-state index is -0.296. The Balaban J connectivity index is 2.40. The third-order valence-corrected chi connectivity index (χ3v) is 1.78. The number of nitrogen functional groups attached to an aromatic ring is 1. The van der Waals surface area contributed by atoms with Gasteiger partial charge in [0.2, 0.25) is 11.9 Å². The number of amides is 1. The van der Waals surface area contributed by atoms with Crippen LogP contribution >= 0.6 is 0 Å². The third kappa shape index (κ3) is 4.26. The van der Waals surface area contributed by atoms with Gasteiger partial charge in [-0.3, -0.25) is 4.79 Å². The minimum Gasteiger partial charge on any atom is -0.370 e. The van der Waals surface area contributed by atoms with Gasteiger partial charge < -0.3 is 16.8 Å². The van der Waals surface area contributed by atoms with Gasteiger partial charge in [-0.25, -0.2) is 4.98 Å². The molecule has 0 saturated carbocycles. The summed E-state index contributed by atoms with van der Waals surface area (Å²) in [4.78, 5) is 18.4. The van der Waals surface area contributed by atoms with Crippen molar-refractivity contribution in [3.63, 3.8) is 0 Å². The quantitative estimate of drug-likeness (QED) is 0.594. The van der Waals surface area contributed by atoms with E-state index >= 15 is 0 Å². The van der Waals surface area contributed by atoms with E-state index < -0.39 is 0 Å². The zero-order valence-corrected chi connectivity index (χ0v) is 8.66. The molecule has 1 rings (SSSR count). The van der Waals surface area contributed by atoms with E-state index in [-0.39, 0.29) is 11.9 Å². The lowest BCUT2D eigenvalue weighted by Crippen LogP contribution is -2.13. The first-order valence-electron chi connectivity index (χ1n) is 4.71. The fraction of sp³-hybridized carbons (Fsp3) is 0.444. The molecule has 0 fully saturated rings. The average molecular weight is 209 g/mol. The van der Waals surface area contributed by atoms with Crippen LogP contribution in [0.25, 0.3) is 0 Å². The molecule has 0 saturated heterocycles. The van der Waals surface area contributed by atoms with Crippen molar-refractivity contribution >= 4 is 17.7 Å². The molecule has 15 heavy (non-hydrogen) atoms. The number of hydrogen-bond acceptors (Lipinski definition) is 5. The first-order chi connectivity index (χ1) is 7.08. The Kier molecular flexibility index (Phi) is 3.84. The van der Waals surface area contributed by atoms with E-state index in [1.165, 1.54) is 0 Å². The number of nitrogens with zero attached hydrogens (tertiary/aromatic N) is 2. The molecule has 0 aromatic carbocycles. The van der Waals surface area contributed by atoms with Gasteiger partial charge in [-0.2, -0.15) is 4.98 Å². The standard InChI is InChI=1S/C9H15N5O/c1-6-5-8(14-9(11)13-6)12-4-2-3-7(10)15/h5H,2-4H2,1H3,(H2,10,15)(H3,11,12,13,14). The van der Waals surface area contributed by atoms with E-state index in [0.717, 1.165) is 5.69 Å². The molecule has 0 radical (unpaired) electrons. The topological polar surface area (TPSA) is 107 Å². The molecule has 0 bridgehead atoms. The fourth-order valence-corrected chi connectivity index (χ4v) is 1.16. The number of nitrogens with two attached hydrogens (primary N) is 2. The van der Waals surface area contributed by atoms with Crippen molar-refractivity contribution in [2.75, 3.05) is 17.6 Å². The van der Waals surface area contributed by atoms with E-state index in [9.17, 15) is 4.79 Å². The molecule has 0 spiro atoms. The van der Waals surface area contributed by atoms with Crippen LogP contribution in [0.15, 0.2) is 6.07 Å². The number of carbonyl (C=O) groups excluding carboxylic acids is 1. The zero-order valence-electron chi connectivity index (χ0n) is 8.66. The second-order valence-corrected chi connectivity index (χ2v) is 3.25. The molecular weight excluding hydrogens is 194 g/mol. The summed E-state index contributed by atoms with van der Waals surface area (Å²) in [6.45, 7) is 2.48. The number of anilines is 2. The summed E-state index contributed by atoms with van der Waals surface area (Å²) in [5.41, 5.74) is 11.3. The van der Waals surface area contributed by atoms with Crippen LogP contribution in [0.4, 0.5) is 11.8 Å². The molecule has 1 amide bonds. The smallest absolute Gasteiger partial charge is 0.222 e.